The summed E-state index contributed by atoms with van der Waals surface area (Å²) in [5, 5.41) is 8.66. The Morgan fingerprint density at radius 2 is 1.53 bits per heavy atom. The van der Waals surface area contributed by atoms with E-state index in [0.29, 0.717) is 0 Å². The second kappa shape index (κ2) is 9.18. The van der Waals surface area contributed by atoms with E-state index in [0.717, 1.165) is 25.3 Å². The lowest BCUT2D eigenvalue weighted by molar-refractivity contribution is 0.126. The summed E-state index contributed by atoms with van der Waals surface area (Å²) in [5.74, 6) is 0.865. The molecule has 0 spiro atoms. The Morgan fingerprint density at radius 1 is 1.05 bits per heavy atom. The van der Waals surface area contributed by atoms with Gasteiger partial charge in [0.05, 0.1) is 0 Å². The minimum atomic E-state index is -0.795. The Balaban J connectivity index is 0.000000200. The standard InChI is InChI=1S/C8H15NO2.C7H15N/c1-9(8(10)11)7-5-3-2-4-6-7;8-6-7-4-2-1-3-5-7/h7H,2-6H2,1H3,(H,10,11);7H,1-6,8H2. The van der Waals surface area contributed by atoms with E-state index in [1.165, 1.54) is 56.3 Å². The van der Waals surface area contributed by atoms with Crippen molar-refractivity contribution in [2.45, 2.75) is 70.3 Å². The maximum atomic E-state index is 10.5. The highest BCUT2D eigenvalue weighted by Gasteiger charge is 2.20. The summed E-state index contributed by atoms with van der Waals surface area (Å²) in [7, 11) is 1.66. The van der Waals surface area contributed by atoms with Gasteiger partial charge in [-0.15, -0.1) is 0 Å². The SMILES string of the molecule is CN(C(=O)O)C1CCCCC1.NCC1CCCCC1. The molecule has 2 aliphatic carbocycles. The van der Waals surface area contributed by atoms with Crippen LogP contribution in [0.4, 0.5) is 4.79 Å². The summed E-state index contributed by atoms with van der Waals surface area (Å²) in [5.41, 5.74) is 5.50. The van der Waals surface area contributed by atoms with Crippen LogP contribution in [0.2, 0.25) is 0 Å². The van der Waals surface area contributed by atoms with Crippen LogP contribution >= 0.6 is 0 Å². The molecule has 0 atom stereocenters. The number of nitrogens with zero attached hydrogens (tertiary/aromatic N) is 1. The highest BCUT2D eigenvalue weighted by atomic mass is 16.4. The molecule has 2 saturated carbocycles. The molecule has 2 rings (SSSR count). The van der Waals surface area contributed by atoms with Crippen LogP contribution in [0.25, 0.3) is 0 Å². The van der Waals surface area contributed by atoms with Crippen LogP contribution in [-0.4, -0.2) is 35.7 Å². The first-order valence-electron chi connectivity index (χ1n) is 7.81. The van der Waals surface area contributed by atoms with Gasteiger partial charge < -0.3 is 15.7 Å². The van der Waals surface area contributed by atoms with Gasteiger partial charge in [-0.2, -0.15) is 0 Å². The first-order valence-corrected chi connectivity index (χ1v) is 7.81. The molecule has 4 heteroatoms. The summed E-state index contributed by atoms with van der Waals surface area (Å²) in [6.45, 7) is 0.917. The normalized spacial score (nSPS) is 21.4. The Kier molecular flexibility index (Phi) is 7.87. The molecule has 3 N–H and O–H groups in total. The van der Waals surface area contributed by atoms with Crippen molar-refractivity contribution in [3.8, 4) is 0 Å². The first kappa shape index (κ1) is 16.3. The molecule has 0 heterocycles. The smallest absolute Gasteiger partial charge is 0.407 e. The van der Waals surface area contributed by atoms with Gasteiger partial charge in [-0.25, -0.2) is 4.79 Å². The molecule has 0 saturated heterocycles. The van der Waals surface area contributed by atoms with Crippen LogP contribution < -0.4 is 5.73 Å². The highest BCUT2D eigenvalue weighted by molar-refractivity contribution is 5.64. The van der Waals surface area contributed by atoms with E-state index >= 15 is 0 Å². The van der Waals surface area contributed by atoms with Crippen LogP contribution in [0.15, 0.2) is 0 Å². The zero-order chi connectivity index (χ0) is 14.1. The minimum absolute atomic E-state index is 0.279. The summed E-state index contributed by atoms with van der Waals surface area (Å²) in [4.78, 5) is 12.0. The third kappa shape index (κ3) is 6.28. The van der Waals surface area contributed by atoms with E-state index in [2.05, 4.69) is 0 Å². The van der Waals surface area contributed by atoms with Gasteiger partial charge in [0.2, 0.25) is 0 Å². The Bertz CT molecular complexity index is 247. The van der Waals surface area contributed by atoms with Gasteiger partial charge in [-0.05, 0) is 38.1 Å². The van der Waals surface area contributed by atoms with Crippen molar-refractivity contribution >= 4 is 6.09 Å². The number of nitrogens with two attached hydrogens (primary N) is 1. The summed E-state index contributed by atoms with van der Waals surface area (Å²) >= 11 is 0. The van der Waals surface area contributed by atoms with E-state index in [1.54, 1.807) is 7.05 Å². The monoisotopic (exact) mass is 270 g/mol. The molecule has 1 amide bonds. The Labute approximate surface area is 117 Å². The predicted octanol–water partition coefficient (Wildman–Crippen LogP) is 3.45. The average molecular weight is 270 g/mol. The third-order valence-electron chi connectivity index (χ3n) is 4.48. The van der Waals surface area contributed by atoms with Gasteiger partial charge >= 0.3 is 6.09 Å². The molecular weight excluding hydrogens is 240 g/mol. The van der Waals surface area contributed by atoms with Crippen molar-refractivity contribution < 1.29 is 9.90 Å². The molecule has 0 unspecified atom stereocenters. The molecule has 0 aromatic carbocycles. The summed E-state index contributed by atoms with van der Waals surface area (Å²) in [6.07, 6.45) is 12.0. The Hall–Kier alpha value is -0.770. The lowest BCUT2D eigenvalue weighted by Crippen LogP contribution is -2.37. The van der Waals surface area contributed by atoms with E-state index in [9.17, 15) is 4.79 Å². The van der Waals surface area contributed by atoms with Gasteiger partial charge in [-0.3, -0.25) is 0 Å². The van der Waals surface area contributed by atoms with Crippen LogP contribution in [0.1, 0.15) is 64.2 Å². The molecule has 0 radical (unpaired) electrons. The predicted molar refractivity (Wildman–Crippen MR) is 78.3 cm³/mol. The zero-order valence-electron chi connectivity index (χ0n) is 12.3. The topological polar surface area (TPSA) is 66.6 Å². The molecule has 2 aliphatic rings. The summed E-state index contributed by atoms with van der Waals surface area (Å²) in [6, 6.07) is 0.279. The fraction of sp³-hybridized carbons (Fsp3) is 0.933. The number of hydrogen-bond donors (Lipinski definition) is 2. The molecule has 19 heavy (non-hydrogen) atoms. The average Bonchev–Trinajstić information content (AvgIpc) is 2.48. The summed E-state index contributed by atoms with van der Waals surface area (Å²) < 4.78 is 0. The maximum absolute atomic E-state index is 10.5. The quantitative estimate of drug-likeness (QED) is 0.807. The number of hydrogen-bond acceptors (Lipinski definition) is 2. The van der Waals surface area contributed by atoms with Crippen molar-refractivity contribution in [2.75, 3.05) is 13.6 Å². The molecule has 4 nitrogen and oxygen atoms in total. The van der Waals surface area contributed by atoms with Crippen molar-refractivity contribution in [3.63, 3.8) is 0 Å². The molecule has 0 bridgehead atoms. The number of carbonyl (C=O) groups is 1. The highest BCUT2D eigenvalue weighted by Crippen LogP contribution is 2.22. The largest absolute Gasteiger partial charge is 0.465 e. The second-order valence-electron chi connectivity index (χ2n) is 5.93. The van der Waals surface area contributed by atoms with Crippen molar-refractivity contribution in [1.29, 1.82) is 0 Å². The first-order chi connectivity index (χ1) is 9.15. The molecule has 2 fully saturated rings. The third-order valence-corrected chi connectivity index (χ3v) is 4.48. The van der Waals surface area contributed by atoms with Gasteiger partial charge in [-0.1, -0.05) is 38.5 Å². The van der Waals surface area contributed by atoms with Crippen LogP contribution in [0.3, 0.4) is 0 Å². The van der Waals surface area contributed by atoms with Crippen molar-refractivity contribution in [2.24, 2.45) is 11.7 Å². The van der Waals surface area contributed by atoms with Crippen molar-refractivity contribution in [1.82, 2.24) is 4.90 Å². The zero-order valence-corrected chi connectivity index (χ0v) is 12.3. The van der Waals surface area contributed by atoms with E-state index in [1.807, 2.05) is 0 Å². The fourth-order valence-electron chi connectivity index (χ4n) is 3.05. The maximum Gasteiger partial charge on any atom is 0.407 e. The van der Waals surface area contributed by atoms with E-state index < -0.39 is 6.09 Å². The molecule has 112 valence electrons. The lowest BCUT2D eigenvalue weighted by Gasteiger charge is -2.28. The van der Waals surface area contributed by atoms with E-state index in [4.69, 9.17) is 10.8 Å². The molecule has 0 aromatic rings. The fourth-order valence-corrected chi connectivity index (χ4v) is 3.05. The van der Waals surface area contributed by atoms with Crippen molar-refractivity contribution in [3.05, 3.63) is 0 Å². The van der Waals surface area contributed by atoms with Crippen LogP contribution in [0, 0.1) is 5.92 Å². The van der Waals surface area contributed by atoms with Gasteiger partial charge in [0.25, 0.3) is 0 Å². The minimum Gasteiger partial charge on any atom is -0.465 e. The van der Waals surface area contributed by atoms with Gasteiger partial charge in [0, 0.05) is 13.1 Å². The Morgan fingerprint density at radius 3 is 1.89 bits per heavy atom. The molecule has 0 aliphatic heterocycles. The molecule has 0 aromatic heterocycles. The van der Waals surface area contributed by atoms with Crippen LogP contribution in [0.5, 0.6) is 0 Å². The number of rotatable bonds is 2. The van der Waals surface area contributed by atoms with E-state index in [-0.39, 0.29) is 6.04 Å². The van der Waals surface area contributed by atoms with Crippen LogP contribution in [-0.2, 0) is 0 Å². The van der Waals surface area contributed by atoms with Gasteiger partial charge in [0.1, 0.15) is 0 Å². The number of carboxylic acid groups (broad SMARTS) is 1. The number of amides is 1. The lowest BCUT2D eigenvalue weighted by atomic mass is 9.90. The second-order valence-corrected chi connectivity index (χ2v) is 5.93. The molecular formula is C15H30N2O2. The van der Waals surface area contributed by atoms with Gasteiger partial charge in [0.15, 0.2) is 0 Å².